The zero-order valence-electron chi connectivity index (χ0n) is 15.9. The van der Waals surface area contributed by atoms with Gasteiger partial charge in [-0.3, -0.25) is 0 Å². The minimum Gasteiger partial charge on any atom is -0.480 e. The molecule has 1 amide bonds. The molecule has 0 spiro atoms. The lowest BCUT2D eigenvalue weighted by Crippen LogP contribution is -2.32. The number of anilines is 1. The van der Waals surface area contributed by atoms with Gasteiger partial charge in [0.05, 0.1) is 5.69 Å². The number of carbonyl (C=O) groups is 2. The highest BCUT2D eigenvalue weighted by Gasteiger charge is 2.21. The number of amides is 1. The number of carbonyl (C=O) groups excluding carboxylic acids is 1. The van der Waals surface area contributed by atoms with Crippen LogP contribution in [0, 0.1) is 0 Å². The molecule has 1 aromatic heterocycles. The second-order valence-corrected chi connectivity index (χ2v) is 6.40. The number of para-hydroxylation sites is 1. The van der Waals surface area contributed by atoms with Crippen molar-refractivity contribution in [1.82, 2.24) is 25.1 Å². The largest absolute Gasteiger partial charge is 0.480 e. The minimum absolute atomic E-state index is 0.179. The van der Waals surface area contributed by atoms with Crippen molar-refractivity contribution in [3.8, 4) is 11.4 Å². The maximum Gasteiger partial charge on any atom is 0.414 e. The molecule has 0 unspecified atom stereocenters. The Balaban J connectivity index is 1.71. The number of hydrogen-bond acceptors (Lipinski definition) is 7. The Bertz CT molecular complexity index is 972. The Labute approximate surface area is 166 Å². The van der Waals surface area contributed by atoms with Gasteiger partial charge in [-0.15, -0.1) is 0 Å². The third-order valence-electron chi connectivity index (χ3n) is 4.01. The molecule has 10 nitrogen and oxygen atoms in total. The normalized spacial score (nSPS) is 11.5. The third-order valence-corrected chi connectivity index (χ3v) is 4.01. The fourth-order valence-electron chi connectivity index (χ4n) is 2.50. The molecule has 0 fully saturated rings. The summed E-state index contributed by atoms with van der Waals surface area (Å²) >= 11 is 0. The van der Waals surface area contributed by atoms with E-state index in [0.717, 1.165) is 5.56 Å². The van der Waals surface area contributed by atoms with Crippen LogP contribution in [-0.4, -0.2) is 62.4 Å². The van der Waals surface area contributed by atoms with Crippen molar-refractivity contribution >= 4 is 18.0 Å². The number of ether oxygens (including phenoxy) is 1. The molecule has 0 aliphatic heterocycles. The van der Waals surface area contributed by atoms with Gasteiger partial charge in [0.2, 0.25) is 5.95 Å². The Morgan fingerprint density at radius 3 is 2.45 bits per heavy atom. The van der Waals surface area contributed by atoms with Crippen LogP contribution in [0.15, 0.2) is 54.6 Å². The fraction of sp³-hybridized carbons (Fsp3) is 0.211. The van der Waals surface area contributed by atoms with Crippen LogP contribution >= 0.6 is 0 Å². The molecular formula is C19H20N6O4. The van der Waals surface area contributed by atoms with Crippen LogP contribution in [-0.2, 0) is 11.2 Å². The monoisotopic (exact) mass is 396 g/mol. The molecule has 0 aliphatic carbocycles. The van der Waals surface area contributed by atoms with Gasteiger partial charge in [0, 0.05) is 20.5 Å². The average Bonchev–Trinajstić information content (AvgIpc) is 3.17. The second kappa shape index (κ2) is 8.83. The van der Waals surface area contributed by atoms with Gasteiger partial charge in [0.15, 0.2) is 0 Å². The first-order chi connectivity index (χ1) is 13.9. The lowest BCUT2D eigenvalue weighted by molar-refractivity contribution is -0.137. The quantitative estimate of drug-likeness (QED) is 0.620. The van der Waals surface area contributed by atoms with Crippen molar-refractivity contribution in [2.75, 3.05) is 19.4 Å². The SMILES string of the molecule is CN(C)C(=O)Oc1ccc(C[C@H](Nc2nnnn2-c2ccccc2)C(=O)O)cc1. The summed E-state index contributed by atoms with van der Waals surface area (Å²) in [6.07, 6.45) is -0.311. The Hall–Kier alpha value is -3.95. The molecule has 1 heterocycles. The van der Waals surface area contributed by atoms with E-state index in [1.165, 1.54) is 9.58 Å². The van der Waals surface area contributed by atoms with Crippen molar-refractivity contribution in [3.63, 3.8) is 0 Å². The summed E-state index contributed by atoms with van der Waals surface area (Å²) in [5.74, 6) is -0.448. The summed E-state index contributed by atoms with van der Waals surface area (Å²) in [7, 11) is 3.17. The number of aromatic nitrogens is 4. The summed E-state index contributed by atoms with van der Waals surface area (Å²) in [6, 6.07) is 14.8. The average molecular weight is 396 g/mol. The molecular weight excluding hydrogens is 376 g/mol. The van der Waals surface area contributed by atoms with Gasteiger partial charge in [-0.05, 0) is 40.3 Å². The number of carboxylic acid groups (broad SMARTS) is 1. The Kier molecular flexibility index (Phi) is 6.03. The molecule has 10 heteroatoms. The van der Waals surface area contributed by atoms with Crippen molar-refractivity contribution < 1.29 is 19.4 Å². The third kappa shape index (κ3) is 5.06. The number of rotatable bonds is 7. The summed E-state index contributed by atoms with van der Waals surface area (Å²) in [5, 5.41) is 23.9. The fourth-order valence-corrected chi connectivity index (χ4v) is 2.50. The molecule has 0 saturated heterocycles. The first-order valence-corrected chi connectivity index (χ1v) is 8.75. The zero-order valence-corrected chi connectivity index (χ0v) is 15.9. The molecule has 0 radical (unpaired) electrons. The van der Waals surface area contributed by atoms with Gasteiger partial charge >= 0.3 is 12.1 Å². The molecule has 0 aliphatic rings. The van der Waals surface area contributed by atoms with Crippen LogP contribution in [0.1, 0.15) is 5.56 Å². The lowest BCUT2D eigenvalue weighted by atomic mass is 10.1. The van der Waals surface area contributed by atoms with Gasteiger partial charge in [0.25, 0.3) is 0 Å². The van der Waals surface area contributed by atoms with E-state index in [9.17, 15) is 14.7 Å². The summed E-state index contributed by atoms with van der Waals surface area (Å²) in [5.41, 5.74) is 1.45. The van der Waals surface area contributed by atoms with Crippen molar-refractivity contribution in [1.29, 1.82) is 0 Å². The predicted molar refractivity (Wildman–Crippen MR) is 104 cm³/mol. The van der Waals surface area contributed by atoms with Crippen LogP contribution in [0.4, 0.5) is 10.7 Å². The number of tetrazole rings is 1. The summed E-state index contributed by atoms with van der Waals surface area (Å²) in [6.45, 7) is 0. The molecule has 150 valence electrons. The summed E-state index contributed by atoms with van der Waals surface area (Å²) < 4.78 is 6.59. The molecule has 29 heavy (non-hydrogen) atoms. The highest BCUT2D eigenvalue weighted by molar-refractivity contribution is 5.77. The van der Waals surface area contributed by atoms with Crippen LogP contribution in [0.2, 0.25) is 0 Å². The maximum absolute atomic E-state index is 11.8. The first kappa shape index (κ1) is 19.8. The highest BCUT2D eigenvalue weighted by atomic mass is 16.6. The van der Waals surface area contributed by atoms with E-state index < -0.39 is 18.1 Å². The number of hydrogen-bond donors (Lipinski definition) is 2. The topological polar surface area (TPSA) is 122 Å². The van der Waals surface area contributed by atoms with Crippen molar-refractivity contribution in [2.24, 2.45) is 0 Å². The van der Waals surface area contributed by atoms with Crippen molar-refractivity contribution in [2.45, 2.75) is 12.5 Å². The smallest absolute Gasteiger partial charge is 0.414 e. The van der Waals surface area contributed by atoms with Crippen LogP contribution in [0.25, 0.3) is 5.69 Å². The van der Waals surface area contributed by atoms with Crippen LogP contribution in [0.3, 0.4) is 0 Å². The van der Waals surface area contributed by atoms with E-state index in [0.29, 0.717) is 11.4 Å². The van der Waals surface area contributed by atoms with E-state index in [-0.39, 0.29) is 12.4 Å². The van der Waals surface area contributed by atoms with Crippen LogP contribution < -0.4 is 10.1 Å². The van der Waals surface area contributed by atoms with E-state index in [1.807, 2.05) is 30.3 Å². The predicted octanol–water partition coefficient (Wildman–Crippen LogP) is 1.83. The first-order valence-electron chi connectivity index (χ1n) is 8.75. The maximum atomic E-state index is 11.8. The van der Waals surface area contributed by atoms with Gasteiger partial charge in [-0.1, -0.05) is 35.4 Å². The Morgan fingerprint density at radius 1 is 1.14 bits per heavy atom. The van der Waals surface area contributed by atoms with E-state index in [4.69, 9.17) is 4.74 Å². The molecule has 3 aromatic rings. The Morgan fingerprint density at radius 2 is 1.83 bits per heavy atom. The molecule has 1 atom stereocenters. The van der Waals surface area contributed by atoms with E-state index >= 15 is 0 Å². The van der Waals surface area contributed by atoms with Gasteiger partial charge in [-0.25, -0.2) is 9.59 Å². The standard InChI is InChI=1S/C19H20N6O4/c1-24(2)19(28)29-15-10-8-13(9-11-15)12-16(17(26)27)20-18-21-22-23-25(18)14-6-4-3-5-7-14/h3-11,16H,12H2,1-2H3,(H,26,27)(H,20,21,23)/t16-/m0/s1. The van der Waals surface area contributed by atoms with Gasteiger partial charge in [-0.2, -0.15) is 4.68 Å². The summed E-state index contributed by atoms with van der Waals surface area (Å²) in [4.78, 5) is 24.7. The van der Waals surface area contributed by atoms with Crippen LogP contribution in [0.5, 0.6) is 5.75 Å². The number of carboxylic acids is 1. The van der Waals surface area contributed by atoms with Gasteiger partial charge < -0.3 is 20.1 Å². The molecule has 0 saturated carbocycles. The number of nitrogens with one attached hydrogen (secondary N) is 1. The zero-order chi connectivity index (χ0) is 20.8. The van der Waals surface area contributed by atoms with E-state index in [2.05, 4.69) is 20.8 Å². The van der Waals surface area contributed by atoms with Gasteiger partial charge in [0.1, 0.15) is 11.8 Å². The number of nitrogens with zero attached hydrogens (tertiary/aromatic N) is 5. The molecule has 2 aromatic carbocycles. The van der Waals surface area contributed by atoms with Crippen molar-refractivity contribution in [3.05, 3.63) is 60.2 Å². The molecule has 0 bridgehead atoms. The second-order valence-electron chi connectivity index (χ2n) is 6.40. The minimum atomic E-state index is -1.05. The van der Waals surface area contributed by atoms with E-state index in [1.54, 1.807) is 38.4 Å². The molecule has 3 rings (SSSR count). The molecule has 2 N–H and O–H groups in total. The number of aliphatic carboxylic acids is 1. The lowest BCUT2D eigenvalue weighted by Gasteiger charge is -2.15. The number of benzene rings is 2. The highest BCUT2D eigenvalue weighted by Crippen LogP contribution is 2.17.